The van der Waals surface area contributed by atoms with Crippen molar-refractivity contribution >= 4 is 29.4 Å². The second kappa shape index (κ2) is 11.2. The molecule has 0 heterocycles. The predicted octanol–water partition coefficient (Wildman–Crippen LogP) is 6.32. The van der Waals surface area contributed by atoms with Crippen LogP contribution in [0, 0.1) is 6.92 Å². The molecule has 0 aromatic heterocycles. The Kier molecular flexibility index (Phi) is 8.30. The van der Waals surface area contributed by atoms with Gasteiger partial charge in [0, 0.05) is 10.6 Å². The first-order chi connectivity index (χ1) is 16.5. The Morgan fingerprint density at radius 3 is 2.00 bits per heavy atom. The maximum Gasteiger partial charge on any atom is 0.408 e. The molecule has 3 rings (SSSR count). The molecule has 182 valence electrons. The molecule has 0 radical (unpaired) electrons. The number of hydrogen-bond donors (Lipinski definition) is 1. The quantitative estimate of drug-likeness (QED) is 0.307. The van der Waals surface area contributed by atoms with Gasteiger partial charge in [0.25, 0.3) is 0 Å². The number of alkyl carbamates (subject to hydrolysis) is 1. The molecule has 0 spiro atoms. The van der Waals surface area contributed by atoms with E-state index in [2.05, 4.69) is 5.32 Å². The van der Waals surface area contributed by atoms with Crippen LogP contribution in [0.2, 0.25) is 5.02 Å². The number of amides is 1. The molecular formula is C28H28ClNO5. The Balaban J connectivity index is 2.03. The standard InChI is InChI=1S/C28H28ClNO5/c1-18-10-12-19(13-11-18)23(30-27(33)35-28(2,3)4)25(24(31)20-8-6-5-7-9-20)34-26(32)21-14-16-22(29)17-15-21/h5-17,23,25H,1-4H3,(H,30,33). The predicted molar refractivity (Wildman–Crippen MR) is 135 cm³/mol. The molecule has 35 heavy (non-hydrogen) atoms. The molecule has 0 aliphatic heterocycles. The zero-order valence-corrected chi connectivity index (χ0v) is 20.8. The Morgan fingerprint density at radius 2 is 1.43 bits per heavy atom. The second-order valence-electron chi connectivity index (χ2n) is 9.10. The van der Waals surface area contributed by atoms with Crippen LogP contribution in [-0.2, 0) is 9.47 Å². The van der Waals surface area contributed by atoms with Crippen molar-refractivity contribution in [2.24, 2.45) is 0 Å². The number of hydrogen-bond acceptors (Lipinski definition) is 5. The summed E-state index contributed by atoms with van der Waals surface area (Å²) in [4.78, 5) is 39.4. The van der Waals surface area contributed by atoms with E-state index in [9.17, 15) is 14.4 Å². The lowest BCUT2D eigenvalue weighted by Crippen LogP contribution is -2.44. The zero-order valence-electron chi connectivity index (χ0n) is 20.1. The molecule has 0 bridgehead atoms. The van der Waals surface area contributed by atoms with Crippen LogP contribution >= 0.6 is 11.6 Å². The molecule has 0 saturated carbocycles. The van der Waals surface area contributed by atoms with Gasteiger partial charge in [-0.1, -0.05) is 71.8 Å². The number of ketones is 1. The summed E-state index contributed by atoms with van der Waals surface area (Å²) in [6, 6.07) is 20.9. The van der Waals surface area contributed by atoms with E-state index in [4.69, 9.17) is 21.1 Å². The van der Waals surface area contributed by atoms with Gasteiger partial charge in [-0.15, -0.1) is 0 Å². The van der Waals surface area contributed by atoms with E-state index >= 15 is 0 Å². The zero-order chi connectivity index (χ0) is 25.6. The fraction of sp³-hybridized carbons (Fsp3) is 0.250. The van der Waals surface area contributed by atoms with Crippen LogP contribution < -0.4 is 5.32 Å². The summed E-state index contributed by atoms with van der Waals surface area (Å²) in [6.45, 7) is 7.13. The van der Waals surface area contributed by atoms with Gasteiger partial charge in [0.1, 0.15) is 11.6 Å². The molecule has 3 aromatic carbocycles. The SMILES string of the molecule is Cc1ccc(C(NC(=O)OC(C)(C)C)C(OC(=O)c2ccc(Cl)cc2)C(=O)c2ccccc2)cc1. The van der Waals surface area contributed by atoms with Crippen LogP contribution in [0.5, 0.6) is 0 Å². The van der Waals surface area contributed by atoms with E-state index in [1.54, 1.807) is 75.4 Å². The number of esters is 1. The molecule has 6 nitrogen and oxygen atoms in total. The minimum atomic E-state index is -1.36. The first kappa shape index (κ1) is 26.0. The highest BCUT2D eigenvalue weighted by molar-refractivity contribution is 6.30. The van der Waals surface area contributed by atoms with Crippen molar-refractivity contribution < 1.29 is 23.9 Å². The number of carbonyl (C=O) groups excluding carboxylic acids is 3. The number of benzene rings is 3. The number of carbonyl (C=O) groups is 3. The van der Waals surface area contributed by atoms with Crippen molar-refractivity contribution in [3.05, 3.63) is 106 Å². The molecule has 2 unspecified atom stereocenters. The van der Waals surface area contributed by atoms with Gasteiger partial charge in [0.15, 0.2) is 6.10 Å². The number of nitrogens with one attached hydrogen (secondary N) is 1. The summed E-state index contributed by atoms with van der Waals surface area (Å²) in [5.41, 5.74) is 1.37. The molecule has 3 aromatic rings. The van der Waals surface area contributed by atoms with E-state index in [-0.39, 0.29) is 5.56 Å². The Morgan fingerprint density at radius 1 is 0.829 bits per heavy atom. The Labute approximate surface area is 210 Å². The fourth-order valence-corrected chi connectivity index (χ4v) is 3.48. The van der Waals surface area contributed by atoms with Gasteiger partial charge in [-0.3, -0.25) is 4.79 Å². The number of ether oxygens (including phenoxy) is 2. The maximum absolute atomic E-state index is 13.6. The molecule has 0 fully saturated rings. The van der Waals surface area contributed by atoms with Gasteiger partial charge in [-0.05, 0) is 57.5 Å². The number of aryl methyl sites for hydroxylation is 1. The van der Waals surface area contributed by atoms with Crippen molar-refractivity contribution in [2.45, 2.75) is 45.4 Å². The van der Waals surface area contributed by atoms with Gasteiger partial charge < -0.3 is 14.8 Å². The lowest BCUT2D eigenvalue weighted by Gasteiger charge is -2.29. The van der Waals surface area contributed by atoms with E-state index in [1.807, 2.05) is 19.1 Å². The smallest absolute Gasteiger partial charge is 0.408 e. The van der Waals surface area contributed by atoms with Crippen molar-refractivity contribution in [1.29, 1.82) is 0 Å². The van der Waals surface area contributed by atoms with Crippen LogP contribution in [0.3, 0.4) is 0 Å². The normalized spacial score (nSPS) is 12.8. The number of rotatable bonds is 7. The molecule has 0 aliphatic rings. The second-order valence-corrected chi connectivity index (χ2v) is 9.53. The highest BCUT2D eigenvalue weighted by Crippen LogP contribution is 2.26. The Hall–Kier alpha value is -3.64. The van der Waals surface area contributed by atoms with E-state index < -0.39 is 35.6 Å². The van der Waals surface area contributed by atoms with Gasteiger partial charge in [0.05, 0.1) is 5.56 Å². The van der Waals surface area contributed by atoms with Gasteiger partial charge in [0.2, 0.25) is 5.78 Å². The number of halogens is 1. The molecular weight excluding hydrogens is 466 g/mol. The molecule has 1 amide bonds. The summed E-state index contributed by atoms with van der Waals surface area (Å²) in [5.74, 6) is -1.19. The summed E-state index contributed by atoms with van der Waals surface area (Å²) in [7, 11) is 0. The first-order valence-corrected chi connectivity index (χ1v) is 11.5. The minimum Gasteiger partial charge on any atom is -0.448 e. The summed E-state index contributed by atoms with van der Waals surface area (Å²) in [5, 5.41) is 3.21. The summed E-state index contributed by atoms with van der Waals surface area (Å²) < 4.78 is 11.2. The van der Waals surface area contributed by atoms with Crippen LogP contribution in [0.15, 0.2) is 78.9 Å². The van der Waals surface area contributed by atoms with Gasteiger partial charge >= 0.3 is 12.1 Å². The number of Topliss-reactive ketones (excluding diaryl/α,β-unsaturated/α-hetero) is 1. The Bertz CT molecular complexity index is 1170. The molecule has 2 atom stereocenters. The van der Waals surface area contributed by atoms with Crippen molar-refractivity contribution in [2.75, 3.05) is 0 Å². The van der Waals surface area contributed by atoms with Crippen LogP contribution in [0.4, 0.5) is 4.79 Å². The van der Waals surface area contributed by atoms with E-state index in [0.29, 0.717) is 16.1 Å². The summed E-state index contributed by atoms with van der Waals surface area (Å²) >= 11 is 5.94. The fourth-order valence-electron chi connectivity index (χ4n) is 3.35. The average molecular weight is 494 g/mol. The largest absolute Gasteiger partial charge is 0.448 e. The van der Waals surface area contributed by atoms with Crippen LogP contribution in [-0.4, -0.2) is 29.6 Å². The molecule has 0 saturated heterocycles. The molecule has 7 heteroatoms. The van der Waals surface area contributed by atoms with E-state index in [0.717, 1.165) is 5.56 Å². The van der Waals surface area contributed by atoms with Crippen LogP contribution in [0.1, 0.15) is 58.7 Å². The monoisotopic (exact) mass is 493 g/mol. The van der Waals surface area contributed by atoms with Crippen molar-refractivity contribution in [3.63, 3.8) is 0 Å². The van der Waals surface area contributed by atoms with Crippen molar-refractivity contribution in [1.82, 2.24) is 5.32 Å². The van der Waals surface area contributed by atoms with Gasteiger partial charge in [-0.2, -0.15) is 0 Å². The summed E-state index contributed by atoms with van der Waals surface area (Å²) in [6.07, 6.45) is -2.10. The van der Waals surface area contributed by atoms with Crippen molar-refractivity contribution in [3.8, 4) is 0 Å². The molecule has 1 N–H and O–H groups in total. The third kappa shape index (κ3) is 7.42. The third-order valence-electron chi connectivity index (χ3n) is 5.04. The maximum atomic E-state index is 13.6. The van der Waals surface area contributed by atoms with Crippen LogP contribution in [0.25, 0.3) is 0 Å². The third-order valence-corrected chi connectivity index (χ3v) is 5.29. The topological polar surface area (TPSA) is 81.7 Å². The molecule has 0 aliphatic carbocycles. The first-order valence-electron chi connectivity index (χ1n) is 11.2. The average Bonchev–Trinajstić information content (AvgIpc) is 2.81. The lowest BCUT2D eigenvalue weighted by atomic mass is 9.94. The van der Waals surface area contributed by atoms with E-state index in [1.165, 1.54) is 12.1 Å². The highest BCUT2D eigenvalue weighted by atomic mass is 35.5. The minimum absolute atomic E-state index is 0.222. The highest BCUT2D eigenvalue weighted by Gasteiger charge is 2.36. The lowest BCUT2D eigenvalue weighted by molar-refractivity contribution is 0.0149. The van der Waals surface area contributed by atoms with Gasteiger partial charge in [-0.25, -0.2) is 9.59 Å².